The highest BCUT2D eigenvalue weighted by Gasteiger charge is 2.24. The van der Waals surface area contributed by atoms with Crippen LogP contribution in [0.3, 0.4) is 0 Å². The molecule has 1 atom stereocenters. The van der Waals surface area contributed by atoms with Gasteiger partial charge in [-0.25, -0.2) is 4.39 Å². The molecule has 1 aliphatic carbocycles. The molecule has 1 aliphatic rings. The van der Waals surface area contributed by atoms with Crippen LogP contribution in [0.25, 0.3) is 0 Å². The zero-order chi connectivity index (χ0) is 13.2. The van der Waals surface area contributed by atoms with Crippen molar-refractivity contribution in [1.82, 2.24) is 0 Å². The summed E-state index contributed by atoms with van der Waals surface area (Å²) in [5.74, 6) is 0.320. The first kappa shape index (κ1) is 12.4. The van der Waals surface area contributed by atoms with Crippen molar-refractivity contribution in [2.75, 3.05) is 0 Å². The third-order valence-electron chi connectivity index (χ3n) is 4.18. The van der Waals surface area contributed by atoms with Crippen LogP contribution in [0, 0.1) is 5.82 Å². The van der Waals surface area contributed by atoms with Crippen LogP contribution in [0.15, 0.2) is 42.5 Å². The van der Waals surface area contributed by atoms with Crippen LogP contribution in [0.1, 0.15) is 47.9 Å². The summed E-state index contributed by atoms with van der Waals surface area (Å²) < 4.78 is 14.1. The SMILES string of the molecule is CCCC1c2ccccc2CCc2c(F)cccc21. The van der Waals surface area contributed by atoms with Crippen LogP contribution >= 0.6 is 0 Å². The van der Waals surface area contributed by atoms with E-state index in [1.54, 1.807) is 6.07 Å². The van der Waals surface area contributed by atoms with Crippen molar-refractivity contribution < 1.29 is 4.39 Å². The maximum atomic E-state index is 14.1. The fourth-order valence-electron chi connectivity index (χ4n) is 3.29. The monoisotopic (exact) mass is 254 g/mol. The average Bonchev–Trinajstić information content (AvgIpc) is 2.59. The lowest BCUT2D eigenvalue weighted by Gasteiger charge is -2.20. The molecule has 0 N–H and O–H groups in total. The summed E-state index contributed by atoms with van der Waals surface area (Å²) in [6, 6.07) is 14.2. The minimum atomic E-state index is -0.0357. The predicted molar refractivity (Wildman–Crippen MR) is 77.0 cm³/mol. The molecule has 1 unspecified atom stereocenters. The topological polar surface area (TPSA) is 0 Å². The van der Waals surface area contributed by atoms with E-state index < -0.39 is 0 Å². The molecule has 2 aromatic rings. The van der Waals surface area contributed by atoms with Crippen molar-refractivity contribution in [2.45, 2.75) is 38.5 Å². The number of benzene rings is 2. The summed E-state index contributed by atoms with van der Waals surface area (Å²) in [4.78, 5) is 0. The van der Waals surface area contributed by atoms with Gasteiger partial charge in [-0.2, -0.15) is 0 Å². The summed E-state index contributed by atoms with van der Waals surface area (Å²) in [5, 5.41) is 0. The molecule has 0 aromatic heterocycles. The van der Waals surface area contributed by atoms with Gasteiger partial charge in [-0.1, -0.05) is 49.7 Å². The van der Waals surface area contributed by atoms with Crippen LogP contribution < -0.4 is 0 Å². The van der Waals surface area contributed by atoms with E-state index in [0.29, 0.717) is 5.92 Å². The molecule has 0 radical (unpaired) electrons. The lowest BCUT2D eigenvalue weighted by molar-refractivity contribution is 0.601. The quantitative estimate of drug-likeness (QED) is 0.718. The molecule has 1 heteroatoms. The Morgan fingerprint density at radius 1 is 1.00 bits per heavy atom. The summed E-state index contributed by atoms with van der Waals surface area (Å²) in [6.07, 6.45) is 3.98. The fraction of sp³-hybridized carbons (Fsp3) is 0.333. The molecule has 0 nitrogen and oxygen atoms in total. The Balaban J connectivity index is 2.18. The Labute approximate surface area is 114 Å². The van der Waals surface area contributed by atoms with E-state index in [2.05, 4.69) is 37.3 Å². The molecule has 2 aromatic carbocycles. The molecule has 0 amide bonds. The highest BCUT2D eigenvalue weighted by atomic mass is 19.1. The minimum absolute atomic E-state index is 0.0357. The first-order valence-corrected chi connectivity index (χ1v) is 7.16. The lowest BCUT2D eigenvalue weighted by atomic mass is 9.85. The van der Waals surface area contributed by atoms with E-state index in [-0.39, 0.29) is 5.82 Å². The number of aryl methyl sites for hydroxylation is 1. The Bertz CT molecular complexity index is 586. The van der Waals surface area contributed by atoms with Gasteiger partial charge in [-0.05, 0) is 47.6 Å². The van der Waals surface area contributed by atoms with Crippen LogP contribution in [-0.4, -0.2) is 0 Å². The fourth-order valence-corrected chi connectivity index (χ4v) is 3.29. The molecule has 0 saturated heterocycles. The summed E-state index contributed by atoms with van der Waals surface area (Å²) in [6.45, 7) is 2.20. The van der Waals surface area contributed by atoms with Crippen molar-refractivity contribution in [3.8, 4) is 0 Å². The number of hydrogen-bond donors (Lipinski definition) is 0. The van der Waals surface area contributed by atoms with Crippen molar-refractivity contribution in [3.05, 3.63) is 70.5 Å². The molecule has 0 fully saturated rings. The number of hydrogen-bond acceptors (Lipinski definition) is 0. The molecule has 98 valence electrons. The lowest BCUT2D eigenvalue weighted by Crippen LogP contribution is -2.04. The van der Waals surface area contributed by atoms with Gasteiger partial charge < -0.3 is 0 Å². The molecule has 3 rings (SSSR count). The summed E-state index contributed by atoms with van der Waals surface area (Å²) >= 11 is 0. The average molecular weight is 254 g/mol. The molecule has 19 heavy (non-hydrogen) atoms. The zero-order valence-electron chi connectivity index (χ0n) is 11.3. The van der Waals surface area contributed by atoms with Crippen LogP contribution in [0.2, 0.25) is 0 Å². The second-order valence-electron chi connectivity index (χ2n) is 5.35. The maximum absolute atomic E-state index is 14.1. The third-order valence-corrected chi connectivity index (χ3v) is 4.18. The van der Waals surface area contributed by atoms with Gasteiger partial charge in [0.15, 0.2) is 0 Å². The second-order valence-corrected chi connectivity index (χ2v) is 5.35. The highest BCUT2D eigenvalue weighted by molar-refractivity contribution is 5.45. The van der Waals surface area contributed by atoms with E-state index in [1.807, 2.05) is 6.07 Å². The van der Waals surface area contributed by atoms with Crippen molar-refractivity contribution in [2.24, 2.45) is 0 Å². The number of halogens is 1. The van der Waals surface area contributed by atoms with Gasteiger partial charge in [0.25, 0.3) is 0 Å². The highest BCUT2D eigenvalue weighted by Crippen LogP contribution is 2.37. The molecular formula is C18H19F. The summed E-state index contributed by atoms with van der Waals surface area (Å²) in [5.41, 5.74) is 4.91. The van der Waals surface area contributed by atoms with Gasteiger partial charge >= 0.3 is 0 Å². The maximum Gasteiger partial charge on any atom is 0.126 e. The van der Waals surface area contributed by atoms with E-state index in [1.165, 1.54) is 16.7 Å². The van der Waals surface area contributed by atoms with E-state index in [4.69, 9.17) is 0 Å². The largest absolute Gasteiger partial charge is 0.207 e. The molecular weight excluding hydrogens is 235 g/mol. The number of rotatable bonds is 2. The van der Waals surface area contributed by atoms with Gasteiger partial charge in [0.2, 0.25) is 0 Å². The van der Waals surface area contributed by atoms with Gasteiger partial charge in [0, 0.05) is 5.92 Å². The molecule has 0 saturated carbocycles. The molecule has 0 aliphatic heterocycles. The van der Waals surface area contributed by atoms with Crippen molar-refractivity contribution in [1.29, 1.82) is 0 Å². The second kappa shape index (κ2) is 5.16. The van der Waals surface area contributed by atoms with Gasteiger partial charge in [-0.15, -0.1) is 0 Å². The van der Waals surface area contributed by atoms with Crippen LogP contribution in [0.5, 0.6) is 0 Å². The molecule has 0 bridgehead atoms. The van der Waals surface area contributed by atoms with E-state index in [0.717, 1.165) is 31.2 Å². The number of fused-ring (bicyclic) bond motifs is 2. The minimum Gasteiger partial charge on any atom is -0.207 e. The molecule has 0 spiro atoms. The van der Waals surface area contributed by atoms with Crippen molar-refractivity contribution in [3.63, 3.8) is 0 Å². The Hall–Kier alpha value is -1.63. The first-order chi connectivity index (χ1) is 9.31. The van der Waals surface area contributed by atoms with Crippen LogP contribution in [0.4, 0.5) is 4.39 Å². The smallest absolute Gasteiger partial charge is 0.126 e. The van der Waals surface area contributed by atoms with Gasteiger partial charge in [0.05, 0.1) is 0 Å². The Morgan fingerprint density at radius 3 is 2.63 bits per heavy atom. The van der Waals surface area contributed by atoms with Gasteiger partial charge in [-0.3, -0.25) is 0 Å². The first-order valence-electron chi connectivity index (χ1n) is 7.16. The normalized spacial score (nSPS) is 17.5. The van der Waals surface area contributed by atoms with E-state index >= 15 is 0 Å². The zero-order valence-corrected chi connectivity index (χ0v) is 11.3. The van der Waals surface area contributed by atoms with E-state index in [9.17, 15) is 4.39 Å². The standard InChI is InChI=1S/C18H19F/c1-2-6-15-14-8-4-3-7-13(14)11-12-17-16(15)9-5-10-18(17)19/h3-5,7-10,15H,2,6,11-12H2,1H3. The third kappa shape index (κ3) is 2.18. The molecule has 0 heterocycles. The summed E-state index contributed by atoms with van der Waals surface area (Å²) in [7, 11) is 0. The van der Waals surface area contributed by atoms with Gasteiger partial charge in [0.1, 0.15) is 5.82 Å². The van der Waals surface area contributed by atoms with Crippen molar-refractivity contribution >= 4 is 0 Å². The van der Waals surface area contributed by atoms with Crippen LogP contribution in [-0.2, 0) is 12.8 Å². The Morgan fingerprint density at radius 2 is 1.79 bits per heavy atom. The predicted octanol–water partition coefficient (Wildman–Crippen LogP) is 4.86. The Kier molecular flexibility index (Phi) is 3.37.